The molecular weight excluding hydrogens is 266 g/mol. The maximum atomic E-state index is 12.1. The zero-order chi connectivity index (χ0) is 14.7. The number of nitrogens with zero attached hydrogens (tertiary/aromatic N) is 2. The fourth-order valence-electron chi connectivity index (χ4n) is 2.63. The zero-order valence-electron chi connectivity index (χ0n) is 11.6. The molecule has 0 aliphatic carbocycles. The minimum Gasteiger partial charge on any atom is -0.465 e. The summed E-state index contributed by atoms with van der Waals surface area (Å²) in [6.07, 6.45) is 1.26. The van der Waals surface area contributed by atoms with Crippen LogP contribution in [0.15, 0.2) is 0 Å². The van der Waals surface area contributed by atoms with Crippen molar-refractivity contribution in [3.63, 3.8) is 0 Å². The van der Waals surface area contributed by atoms with Crippen LogP contribution >= 0.6 is 0 Å². The highest BCUT2D eigenvalue weighted by molar-refractivity contribution is 5.90. The first-order chi connectivity index (χ1) is 9.58. The van der Waals surface area contributed by atoms with E-state index >= 15 is 0 Å². The highest BCUT2D eigenvalue weighted by atomic mass is 16.7. The van der Waals surface area contributed by atoms with Crippen molar-refractivity contribution in [2.45, 2.75) is 31.8 Å². The highest BCUT2D eigenvalue weighted by Crippen LogP contribution is 2.29. The Balaban J connectivity index is 1.91. The van der Waals surface area contributed by atoms with Crippen molar-refractivity contribution in [1.29, 1.82) is 0 Å². The van der Waals surface area contributed by atoms with Gasteiger partial charge in [-0.25, -0.2) is 4.79 Å². The Morgan fingerprint density at radius 2 is 2.15 bits per heavy atom. The second-order valence-corrected chi connectivity index (χ2v) is 4.71. The molecule has 2 aliphatic rings. The van der Waals surface area contributed by atoms with Gasteiger partial charge in [-0.3, -0.25) is 14.4 Å². The number of hydroxylamine groups is 2. The molecule has 2 bridgehead atoms. The molecule has 0 saturated carbocycles. The molecule has 0 aromatic carbocycles. The quantitative estimate of drug-likeness (QED) is 0.688. The molecule has 20 heavy (non-hydrogen) atoms. The first kappa shape index (κ1) is 14.6. The molecule has 2 fully saturated rings. The number of esters is 1. The molecule has 2 aliphatic heterocycles. The van der Waals surface area contributed by atoms with Crippen LogP contribution < -0.4 is 5.32 Å². The number of hydrogen-bond acceptors (Lipinski definition) is 5. The van der Waals surface area contributed by atoms with Gasteiger partial charge in [0.15, 0.2) is 0 Å². The maximum Gasteiger partial charge on any atom is 0.345 e. The summed E-state index contributed by atoms with van der Waals surface area (Å²) >= 11 is 0. The van der Waals surface area contributed by atoms with E-state index in [4.69, 9.17) is 9.57 Å². The van der Waals surface area contributed by atoms with E-state index in [1.807, 2.05) is 0 Å². The van der Waals surface area contributed by atoms with Gasteiger partial charge in [-0.1, -0.05) is 0 Å². The van der Waals surface area contributed by atoms with Gasteiger partial charge in [0.2, 0.25) is 5.91 Å². The van der Waals surface area contributed by atoms with Crippen molar-refractivity contribution in [1.82, 2.24) is 15.3 Å². The molecule has 8 nitrogen and oxygen atoms in total. The molecule has 8 heteroatoms. The van der Waals surface area contributed by atoms with Crippen LogP contribution in [0.5, 0.6) is 0 Å². The molecule has 0 aromatic heterocycles. The van der Waals surface area contributed by atoms with Crippen LogP contribution in [0.2, 0.25) is 0 Å². The average molecular weight is 285 g/mol. The largest absolute Gasteiger partial charge is 0.465 e. The van der Waals surface area contributed by atoms with Crippen molar-refractivity contribution < 1.29 is 24.0 Å². The van der Waals surface area contributed by atoms with E-state index < -0.39 is 12.0 Å². The first-order valence-corrected chi connectivity index (χ1v) is 6.65. The second kappa shape index (κ2) is 6.08. The lowest BCUT2D eigenvalue weighted by Crippen LogP contribution is -2.50. The number of ether oxygens (including phenoxy) is 1. The summed E-state index contributed by atoms with van der Waals surface area (Å²) < 4.78 is 4.73. The monoisotopic (exact) mass is 285 g/mol. The summed E-state index contributed by atoms with van der Waals surface area (Å²) in [6.45, 7) is 2.27. The normalized spacial score (nSPS) is 24.8. The fraction of sp³-hybridized carbons (Fsp3) is 0.750. The number of hydrogen-bond donors (Lipinski definition) is 1. The molecule has 2 atom stereocenters. The van der Waals surface area contributed by atoms with Crippen LogP contribution in [0.1, 0.15) is 19.8 Å². The molecule has 2 heterocycles. The van der Waals surface area contributed by atoms with E-state index in [-0.39, 0.29) is 31.1 Å². The Hall–Kier alpha value is -1.83. The summed E-state index contributed by atoms with van der Waals surface area (Å²) in [7, 11) is 1.44. The SMILES string of the molecule is CCOC(=O)CNC(=O)[C@@H]1CC[C@@H]2CN1C(=O)N2OC. The van der Waals surface area contributed by atoms with Gasteiger partial charge in [0, 0.05) is 6.54 Å². The Morgan fingerprint density at radius 3 is 2.80 bits per heavy atom. The van der Waals surface area contributed by atoms with Crippen LogP contribution in [-0.4, -0.2) is 66.8 Å². The lowest BCUT2D eigenvalue weighted by Gasteiger charge is -2.29. The molecule has 112 valence electrons. The van der Waals surface area contributed by atoms with Crippen molar-refractivity contribution in [2.75, 3.05) is 26.8 Å². The van der Waals surface area contributed by atoms with Gasteiger partial charge in [-0.2, -0.15) is 5.06 Å². The van der Waals surface area contributed by atoms with Gasteiger partial charge < -0.3 is 15.0 Å². The minimum absolute atomic E-state index is 0.00149. The summed E-state index contributed by atoms with van der Waals surface area (Å²) in [4.78, 5) is 41.8. The van der Waals surface area contributed by atoms with Crippen LogP contribution in [-0.2, 0) is 19.2 Å². The molecule has 2 rings (SSSR count). The predicted molar refractivity (Wildman–Crippen MR) is 67.4 cm³/mol. The van der Waals surface area contributed by atoms with Gasteiger partial charge >= 0.3 is 12.0 Å². The van der Waals surface area contributed by atoms with Crippen LogP contribution in [0, 0.1) is 0 Å². The highest BCUT2D eigenvalue weighted by Gasteiger charge is 2.47. The number of nitrogens with one attached hydrogen (secondary N) is 1. The van der Waals surface area contributed by atoms with E-state index in [1.54, 1.807) is 6.92 Å². The van der Waals surface area contributed by atoms with E-state index in [0.717, 1.165) is 0 Å². The number of carbonyl (C=O) groups is 3. The smallest absolute Gasteiger partial charge is 0.345 e. The summed E-state index contributed by atoms with van der Waals surface area (Å²) in [6, 6.07) is -0.846. The Kier molecular flexibility index (Phi) is 4.43. The number of urea groups is 1. The van der Waals surface area contributed by atoms with Gasteiger partial charge in [-0.05, 0) is 19.8 Å². The van der Waals surface area contributed by atoms with Gasteiger partial charge in [0.05, 0.1) is 19.8 Å². The molecule has 0 unspecified atom stereocenters. The van der Waals surface area contributed by atoms with Crippen LogP contribution in [0.25, 0.3) is 0 Å². The van der Waals surface area contributed by atoms with Crippen LogP contribution in [0.4, 0.5) is 4.79 Å². The van der Waals surface area contributed by atoms with E-state index in [9.17, 15) is 14.4 Å². The van der Waals surface area contributed by atoms with Crippen molar-refractivity contribution in [2.24, 2.45) is 0 Å². The summed E-state index contributed by atoms with van der Waals surface area (Å²) in [5, 5.41) is 3.81. The first-order valence-electron chi connectivity index (χ1n) is 6.65. The number of amides is 3. The summed E-state index contributed by atoms with van der Waals surface area (Å²) in [5.74, 6) is -0.816. The Morgan fingerprint density at radius 1 is 1.40 bits per heavy atom. The van der Waals surface area contributed by atoms with Crippen molar-refractivity contribution in [3.8, 4) is 0 Å². The average Bonchev–Trinajstić information content (AvgIpc) is 2.68. The third-order valence-corrected chi connectivity index (χ3v) is 3.53. The Bertz CT molecular complexity index is 414. The third kappa shape index (κ3) is 2.69. The molecular formula is C12H19N3O5. The molecule has 0 aromatic rings. The minimum atomic E-state index is -0.548. The number of fused-ring (bicyclic) bond motifs is 2. The van der Waals surface area contributed by atoms with Crippen LogP contribution in [0.3, 0.4) is 0 Å². The van der Waals surface area contributed by atoms with E-state index in [0.29, 0.717) is 19.4 Å². The zero-order valence-corrected chi connectivity index (χ0v) is 11.6. The van der Waals surface area contributed by atoms with Crippen molar-refractivity contribution >= 4 is 17.9 Å². The predicted octanol–water partition coefficient (Wildman–Crippen LogP) is -0.504. The number of rotatable bonds is 5. The Labute approximate surface area is 116 Å². The molecule has 3 amide bonds. The second-order valence-electron chi connectivity index (χ2n) is 4.71. The molecule has 1 N–H and O–H groups in total. The lowest BCUT2D eigenvalue weighted by atomic mass is 10.0. The lowest BCUT2D eigenvalue weighted by molar-refractivity contribution is -0.143. The van der Waals surface area contributed by atoms with E-state index in [1.165, 1.54) is 17.1 Å². The number of piperidine rings is 1. The van der Waals surface area contributed by atoms with Gasteiger partial charge in [-0.15, -0.1) is 0 Å². The fourth-order valence-corrected chi connectivity index (χ4v) is 2.63. The van der Waals surface area contributed by atoms with Gasteiger partial charge in [0.1, 0.15) is 12.6 Å². The summed E-state index contributed by atoms with van der Waals surface area (Å²) in [5.41, 5.74) is 0. The standard InChI is InChI=1S/C12H19N3O5/c1-3-20-10(16)6-13-11(17)9-5-4-8-7-14(9)12(18)15(8)19-2/h8-9H,3-7H2,1-2H3,(H,13,17)/t8-,9+/m1/s1. The molecule has 0 spiro atoms. The molecule has 0 radical (unpaired) electrons. The molecule has 2 saturated heterocycles. The van der Waals surface area contributed by atoms with E-state index in [2.05, 4.69) is 5.32 Å². The van der Waals surface area contributed by atoms with Crippen molar-refractivity contribution in [3.05, 3.63) is 0 Å². The topological polar surface area (TPSA) is 88.2 Å². The maximum absolute atomic E-state index is 12.1. The third-order valence-electron chi connectivity index (χ3n) is 3.53. The number of carbonyl (C=O) groups excluding carboxylic acids is 3. The van der Waals surface area contributed by atoms with Gasteiger partial charge in [0.25, 0.3) is 0 Å².